The van der Waals surface area contributed by atoms with Gasteiger partial charge in [-0.3, -0.25) is 4.79 Å². The fourth-order valence-corrected chi connectivity index (χ4v) is 1.44. The van der Waals surface area contributed by atoms with E-state index < -0.39 is 11.9 Å². The Morgan fingerprint density at radius 2 is 2.13 bits per heavy atom. The monoisotopic (exact) mass is 273 g/mol. The quantitative estimate of drug-likeness (QED) is 0.746. The van der Waals surface area contributed by atoms with E-state index in [4.69, 9.17) is 5.73 Å². The van der Waals surface area contributed by atoms with E-state index in [1.165, 1.54) is 6.33 Å². The molecule has 1 atom stereocenters. The number of primary amides is 1. The molecule has 0 saturated carbocycles. The van der Waals surface area contributed by atoms with Crippen molar-refractivity contribution in [3.63, 3.8) is 0 Å². The van der Waals surface area contributed by atoms with E-state index in [0.717, 1.165) is 0 Å². The first-order chi connectivity index (χ1) is 7.06. The number of nitrogens with zero attached hydrogens (tertiary/aromatic N) is 2. The number of nitrogens with one attached hydrogen (secondary N) is 2. The molecule has 7 heteroatoms. The molecule has 0 spiro atoms. The molecule has 1 unspecified atom stereocenters. The van der Waals surface area contributed by atoms with Crippen LogP contribution in [0.3, 0.4) is 0 Å². The normalized spacial score (nSPS) is 11.9. The molecule has 0 aliphatic heterocycles. The topological polar surface area (TPSA) is 92.9 Å². The van der Waals surface area contributed by atoms with Gasteiger partial charge in [0, 0.05) is 7.05 Å². The van der Waals surface area contributed by atoms with Gasteiger partial charge in [0.05, 0.1) is 0 Å². The van der Waals surface area contributed by atoms with Crippen molar-refractivity contribution in [2.24, 2.45) is 5.73 Å². The zero-order valence-corrected chi connectivity index (χ0v) is 10.00. The first-order valence-electron chi connectivity index (χ1n) is 4.30. The fraction of sp³-hybridized carbons (Fsp3) is 0.375. The van der Waals surface area contributed by atoms with Crippen LogP contribution >= 0.6 is 15.9 Å². The number of aromatic nitrogens is 2. The summed E-state index contributed by atoms with van der Waals surface area (Å²) in [6, 6.07) is -0.485. The number of anilines is 2. The molecule has 0 saturated heterocycles. The van der Waals surface area contributed by atoms with Crippen LogP contribution in [0.1, 0.15) is 6.92 Å². The van der Waals surface area contributed by atoms with E-state index in [1.54, 1.807) is 14.0 Å². The fourth-order valence-electron chi connectivity index (χ4n) is 0.921. The van der Waals surface area contributed by atoms with Gasteiger partial charge in [-0.25, -0.2) is 9.97 Å². The number of rotatable bonds is 4. The van der Waals surface area contributed by atoms with Gasteiger partial charge in [-0.05, 0) is 22.9 Å². The highest BCUT2D eigenvalue weighted by Gasteiger charge is 2.13. The van der Waals surface area contributed by atoms with Crippen molar-refractivity contribution in [2.75, 3.05) is 17.7 Å². The molecule has 0 radical (unpaired) electrons. The van der Waals surface area contributed by atoms with E-state index in [9.17, 15) is 4.79 Å². The second kappa shape index (κ2) is 4.92. The summed E-state index contributed by atoms with van der Waals surface area (Å²) in [4.78, 5) is 18.8. The maximum Gasteiger partial charge on any atom is 0.239 e. The predicted molar refractivity (Wildman–Crippen MR) is 61.6 cm³/mol. The van der Waals surface area contributed by atoms with Crippen LogP contribution in [0, 0.1) is 0 Å². The third-order valence-electron chi connectivity index (χ3n) is 1.81. The summed E-state index contributed by atoms with van der Waals surface area (Å²) in [6.07, 6.45) is 1.40. The standard InChI is InChI=1S/C8H12BrN5O/c1-4(6(10)15)14-8-5(9)7(11-2)12-3-13-8/h3-4H,1-2H3,(H2,10,15)(H2,11,12,13,14). The minimum absolute atomic E-state index is 0.438. The van der Waals surface area contributed by atoms with E-state index >= 15 is 0 Å². The van der Waals surface area contributed by atoms with Crippen molar-refractivity contribution in [1.29, 1.82) is 0 Å². The number of hydrogen-bond donors (Lipinski definition) is 3. The van der Waals surface area contributed by atoms with Crippen molar-refractivity contribution >= 4 is 33.5 Å². The molecule has 0 fully saturated rings. The molecule has 0 aliphatic carbocycles. The van der Waals surface area contributed by atoms with Crippen molar-refractivity contribution < 1.29 is 4.79 Å². The Morgan fingerprint density at radius 3 is 2.67 bits per heavy atom. The molecule has 1 heterocycles. The third-order valence-corrected chi connectivity index (χ3v) is 2.56. The van der Waals surface area contributed by atoms with Crippen LogP contribution < -0.4 is 16.4 Å². The molecule has 1 aromatic heterocycles. The number of halogens is 1. The highest BCUT2D eigenvalue weighted by atomic mass is 79.9. The Labute approximate surface area is 95.8 Å². The van der Waals surface area contributed by atoms with Gasteiger partial charge in [0.15, 0.2) is 0 Å². The van der Waals surface area contributed by atoms with Crippen LogP contribution in [-0.4, -0.2) is 29.0 Å². The van der Waals surface area contributed by atoms with Crippen LogP contribution in [0.25, 0.3) is 0 Å². The number of nitrogens with two attached hydrogens (primary N) is 1. The number of carbonyl (C=O) groups is 1. The molecule has 1 aromatic rings. The molecule has 15 heavy (non-hydrogen) atoms. The lowest BCUT2D eigenvalue weighted by Gasteiger charge is -2.13. The number of hydrogen-bond acceptors (Lipinski definition) is 5. The molecular weight excluding hydrogens is 262 g/mol. The van der Waals surface area contributed by atoms with Crippen molar-refractivity contribution in [3.05, 3.63) is 10.8 Å². The smallest absolute Gasteiger partial charge is 0.239 e. The highest BCUT2D eigenvalue weighted by Crippen LogP contribution is 2.26. The third kappa shape index (κ3) is 2.79. The van der Waals surface area contributed by atoms with Gasteiger partial charge < -0.3 is 16.4 Å². The zero-order valence-electron chi connectivity index (χ0n) is 8.41. The van der Waals surface area contributed by atoms with E-state index in [-0.39, 0.29) is 0 Å². The van der Waals surface area contributed by atoms with Crippen molar-refractivity contribution in [2.45, 2.75) is 13.0 Å². The first kappa shape index (κ1) is 11.7. The SMILES string of the molecule is CNc1ncnc(NC(C)C(N)=O)c1Br. The number of amides is 1. The minimum atomic E-state index is -0.485. The van der Waals surface area contributed by atoms with Gasteiger partial charge >= 0.3 is 0 Å². The molecule has 0 bridgehead atoms. The number of carbonyl (C=O) groups excluding carboxylic acids is 1. The summed E-state index contributed by atoms with van der Waals surface area (Å²) >= 11 is 3.32. The lowest BCUT2D eigenvalue weighted by Crippen LogP contribution is -2.32. The molecule has 0 aromatic carbocycles. The highest BCUT2D eigenvalue weighted by molar-refractivity contribution is 9.10. The maximum absolute atomic E-state index is 10.9. The van der Waals surface area contributed by atoms with Gasteiger partial charge in [-0.15, -0.1) is 0 Å². The van der Waals surface area contributed by atoms with Crippen molar-refractivity contribution in [1.82, 2.24) is 9.97 Å². The second-order valence-electron chi connectivity index (χ2n) is 2.90. The van der Waals surface area contributed by atoms with Gasteiger partial charge in [0.1, 0.15) is 28.5 Å². The van der Waals surface area contributed by atoms with Crippen LogP contribution in [0.5, 0.6) is 0 Å². The lowest BCUT2D eigenvalue weighted by molar-refractivity contribution is -0.118. The Bertz CT molecular complexity index is 370. The van der Waals surface area contributed by atoms with Gasteiger partial charge in [0.2, 0.25) is 5.91 Å². The molecular formula is C8H12BrN5O. The average Bonchev–Trinajstić information content (AvgIpc) is 2.21. The Hall–Kier alpha value is -1.37. The summed E-state index contributed by atoms with van der Waals surface area (Å²) in [5, 5.41) is 5.76. The zero-order chi connectivity index (χ0) is 11.4. The molecule has 4 N–H and O–H groups in total. The summed E-state index contributed by atoms with van der Waals surface area (Å²) in [6.45, 7) is 1.66. The summed E-state index contributed by atoms with van der Waals surface area (Å²) in [7, 11) is 1.74. The molecule has 6 nitrogen and oxygen atoms in total. The maximum atomic E-state index is 10.9. The summed E-state index contributed by atoms with van der Waals surface area (Å²) < 4.78 is 0.667. The lowest BCUT2D eigenvalue weighted by atomic mass is 10.3. The average molecular weight is 274 g/mol. The Kier molecular flexibility index (Phi) is 3.84. The second-order valence-corrected chi connectivity index (χ2v) is 3.70. The van der Waals surface area contributed by atoms with Crippen LogP contribution in [0.2, 0.25) is 0 Å². The first-order valence-corrected chi connectivity index (χ1v) is 5.09. The Morgan fingerprint density at radius 1 is 1.53 bits per heavy atom. The molecule has 0 aliphatic rings. The molecule has 1 amide bonds. The Balaban J connectivity index is 2.90. The van der Waals surface area contributed by atoms with Gasteiger partial charge in [-0.1, -0.05) is 0 Å². The summed E-state index contributed by atoms with van der Waals surface area (Å²) in [5.41, 5.74) is 5.13. The van der Waals surface area contributed by atoms with E-state index in [1.807, 2.05) is 0 Å². The largest absolute Gasteiger partial charge is 0.372 e. The molecule has 1 rings (SSSR count). The van der Waals surface area contributed by atoms with Gasteiger partial charge in [-0.2, -0.15) is 0 Å². The van der Waals surface area contributed by atoms with Crippen LogP contribution in [0.15, 0.2) is 10.8 Å². The minimum Gasteiger partial charge on any atom is -0.372 e. The van der Waals surface area contributed by atoms with Crippen molar-refractivity contribution in [3.8, 4) is 0 Å². The van der Waals surface area contributed by atoms with Gasteiger partial charge in [0.25, 0.3) is 0 Å². The van der Waals surface area contributed by atoms with Crippen LogP contribution in [-0.2, 0) is 4.79 Å². The van der Waals surface area contributed by atoms with Crippen LogP contribution in [0.4, 0.5) is 11.6 Å². The summed E-state index contributed by atoms with van der Waals surface area (Å²) in [5.74, 6) is 0.733. The van der Waals surface area contributed by atoms with E-state index in [2.05, 4.69) is 36.5 Å². The predicted octanol–water partition coefficient (Wildman–Crippen LogP) is 0.566. The van der Waals surface area contributed by atoms with E-state index in [0.29, 0.717) is 16.1 Å². The molecule has 82 valence electrons.